The number of unbranched alkanes of at least 4 members (excludes halogenated alkanes) is 44. The van der Waals surface area contributed by atoms with Crippen LogP contribution in [0.15, 0.2) is 0 Å². The molecule has 3 atom stereocenters. The number of nitrogens with one attached hydrogen (secondary N) is 1. The molecule has 0 bridgehead atoms. The van der Waals surface area contributed by atoms with Gasteiger partial charge in [0.25, 0.3) is 0 Å². The summed E-state index contributed by atoms with van der Waals surface area (Å²) in [6.07, 6.45) is 61.9. The molecule has 9 heteroatoms. The maximum atomic E-state index is 13.0. The van der Waals surface area contributed by atoms with Crippen molar-refractivity contribution in [2.24, 2.45) is 0 Å². The Balaban J connectivity index is 3.87. The van der Waals surface area contributed by atoms with Crippen molar-refractivity contribution in [1.29, 1.82) is 0 Å². The van der Waals surface area contributed by atoms with Crippen LogP contribution in [0, 0.1) is 0 Å². The van der Waals surface area contributed by atoms with Gasteiger partial charge in [-0.3, -0.25) is 13.8 Å². The van der Waals surface area contributed by atoms with Crippen molar-refractivity contribution >= 4 is 13.7 Å². The van der Waals surface area contributed by atoms with Crippen LogP contribution in [0.4, 0.5) is 0 Å². The lowest BCUT2D eigenvalue weighted by Gasteiger charge is -2.26. The summed E-state index contributed by atoms with van der Waals surface area (Å²) >= 11 is 0. The fourth-order valence-electron chi connectivity index (χ4n) is 9.58. The third kappa shape index (κ3) is 53.3. The van der Waals surface area contributed by atoms with Crippen molar-refractivity contribution in [2.45, 2.75) is 334 Å². The molecule has 0 aromatic carbocycles. The van der Waals surface area contributed by atoms with Crippen LogP contribution in [0.3, 0.4) is 0 Å². The molecule has 0 aromatic heterocycles. The number of hydrogen-bond donors (Lipinski definition) is 3. The fraction of sp³-hybridized carbons (Fsp3) is 0.983. The topological polar surface area (TPSA) is 105 Å². The zero-order valence-corrected chi connectivity index (χ0v) is 47.5. The molecule has 0 rings (SSSR count). The minimum atomic E-state index is -4.31. The molecule has 0 saturated carbocycles. The van der Waals surface area contributed by atoms with Crippen molar-refractivity contribution in [2.75, 3.05) is 40.9 Å². The van der Waals surface area contributed by atoms with E-state index in [2.05, 4.69) is 19.2 Å². The van der Waals surface area contributed by atoms with E-state index in [0.717, 1.165) is 38.5 Å². The van der Waals surface area contributed by atoms with Gasteiger partial charge >= 0.3 is 7.82 Å². The summed E-state index contributed by atoms with van der Waals surface area (Å²) in [5.41, 5.74) is 0. The van der Waals surface area contributed by atoms with E-state index >= 15 is 0 Å². The molecule has 3 N–H and O–H groups in total. The minimum Gasteiger partial charge on any atom is -0.391 e. The molecule has 0 aromatic rings. The molecule has 408 valence electrons. The van der Waals surface area contributed by atoms with Gasteiger partial charge in [-0.1, -0.05) is 303 Å². The zero-order valence-electron chi connectivity index (χ0n) is 46.6. The number of aliphatic hydroxyl groups is 1. The molecule has 0 aliphatic rings. The van der Waals surface area contributed by atoms with Crippen LogP contribution in [-0.2, 0) is 18.4 Å². The SMILES string of the molecule is CCCCCCCCCCCCCCCCCCCCCCCCCCCCCCCCCCCCC(=O)N[C@@H](COP(=O)(O)OCC[N+](C)(C)C)[C@H](O)CCCCCCCCCCCCCC. The van der Waals surface area contributed by atoms with E-state index in [-0.39, 0.29) is 19.1 Å². The van der Waals surface area contributed by atoms with Gasteiger partial charge in [0, 0.05) is 6.42 Å². The third-order valence-corrected chi connectivity index (χ3v) is 15.3. The van der Waals surface area contributed by atoms with Gasteiger partial charge in [0.05, 0.1) is 39.9 Å². The first-order valence-electron chi connectivity index (χ1n) is 30.4. The number of carbonyl (C=O) groups is 1. The summed E-state index contributed by atoms with van der Waals surface area (Å²) in [4.78, 5) is 23.3. The number of nitrogens with zero attached hydrogens (tertiary/aromatic N) is 1. The number of quaternary nitrogens is 1. The van der Waals surface area contributed by atoms with Crippen LogP contribution >= 0.6 is 7.82 Å². The summed E-state index contributed by atoms with van der Waals surface area (Å²) in [6.45, 7) is 4.93. The van der Waals surface area contributed by atoms with Crippen LogP contribution in [0.1, 0.15) is 322 Å². The summed E-state index contributed by atoms with van der Waals surface area (Å²) < 4.78 is 23.7. The van der Waals surface area contributed by atoms with Gasteiger partial charge in [-0.2, -0.15) is 0 Å². The molecule has 1 unspecified atom stereocenters. The van der Waals surface area contributed by atoms with E-state index in [0.29, 0.717) is 23.9 Å². The molecule has 0 heterocycles. The highest BCUT2D eigenvalue weighted by Crippen LogP contribution is 2.43. The highest BCUT2D eigenvalue weighted by molar-refractivity contribution is 7.47. The van der Waals surface area contributed by atoms with Gasteiger partial charge < -0.3 is 19.8 Å². The zero-order chi connectivity index (χ0) is 49.9. The molecule has 0 spiro atoms. The Labute approximate surface area is 425 Å². The third-order valence-electron chi connectivity index (χ3n) is 14.4. The van der Waals surface area contributed by atoms with Crippen LogP contribution in [-0.4, -0.2) is 73.4 Å². The number of phosphoric ester groups is 1. The van der Waals surface area contributed by atoms with Gasteiger partial charge in [-0.15, -0.1) is 0 Å². The lowest BCUT2D eigenvalue weighted by Crippen LogP contribution is -2.46. The first-order chi connectivity index (χ1) is 33.0. The average Bonchev–Trinajstić information content (AvgIpc) is 3.30. The van der Waals surface area contributed by atoms with Crippen molar-refractivity contribution in [3.8, 4) is 0 Å². The maximum absolute atomic E-state index is 13.0. The second-order valence-electron chi connectivity index (χ2n) is 22.4. The Morgan fingerprint density at radius 3 is 0.985 bits per heavy atom. The minimum absolute atomic E-state index is 0.0788. The Bertz CT molecular complexity index is 1070. The second-order valence-corrected chi connectivity index (χ2v) is 23.9. The largest absolute Gasteiger partial charge is 0.472 e. The van der Waals surface area contributed by atoms with Gasteiger partial charge in [0.2, 0.25) is 5.91 Å². The summed E-state index contributed by atoms with van der Waals surface area (Å²) in [7, 11) is 1.63. The summed E-state index contributed by atoms with van der Waals surface area (Å²) in [5.74, 6) is -0.137. The van der Waals surface area contributed by atoms with Crippen LogP contribution in [0.25, 0.3) is 0 Å². The molecule has 0 saturated heterocycles. The van der Waals surface area contributed by atoms with E-state index in [1.807, 2.05) is 21.1 Å². The van der Waals surface area contributed by atoms with Crippen LogP contribution < -0.4 is 5.32 Å². The number of amides is 1. The Morgan fingerprint density at radius 1 is 0.441 bits per heavy atom. The molecule has 8 nitrogen and oxygen atoms in total. The van der Waals surface area contributed by atoms with Crippen LogP contribution in [0.5, 0.6) is 0 Å². The Morgan fingerprint density at radius 2 is 0.706 bits per heavy atom. The number of phosphoric acid groups is 1. The molecule has 0 aliphatic carbocycles. The van der Waals surface area contributed by atoms with E-state index in [1.54, 1.807) is 0 Å². The van der Waals surface area contributed by atoms with E-state index in [9.17, 15) is 19.4 Å². The van der Waals surface area contributed by atoms with Gasteiger partial charge in [0.15, 0.2) is 0 Å². The number of likely N-dealkylation sites (N-methyl/N-ethyl adjacent to an activating group) is 1. The summed E-state index contributed by atoms with van der Waals surface area (Å²) in [5, 5.41) is 14.0. The maximum Gasteiger partial charge on any atom is 0.472 e. The number of hydrogen-bond acceptors (Lipinski definition) is 5. The molecule has 0 fully saturated rings. The van der Waals surface area contributed by atoms with Crippen molar-refractivity contribution in [1.82, 2.24) is 5.32 Å². The van der Waals surface area contributed by atoms with Crippen molar-refractivity contribution in [3.63, 3.8) is 0 Å². The summed E-state index contributed by atoms with van der Waals surface area (Å²) in [6, 6.07) is -0.754. The lowest BCUT2D eigenvalue weighted by molar-refractivity contribution is -0.870. The molecule has 0 radical (unpaired) electrons. The predicted molar refractivity (Wildman–Crippen MR) is 296 cm³/mol. The predicted octanol–water partition coefficient (Wildman–Crippen LogP) is 18.4. The first-order valence-corrected chi connectivity index (χ1v) is 31.9. The number of carbonyl (C=O) groups excluding carboxylic acids is 1. The normalized spacial score (nSPS) is 13.8. The quantitative estimate of drug-likeness (QED) is 0.0319. The van der Waals surface area contributed by atoms with Gasteiger partial charge in [-0.05, 0) is 12.8 Å². The average molecular weight is 987 g/mol. The highest BCUT2D eigenvalue weighted by atomic mass is 31.2. The molecular weight excluding hydrogens is 864 g/mol. The van der Waals surface area contributed by atoms with E-state index in [4.69, 9.17) is 9.05 Å². The lowest BCUT2D eigenvalue weighted by atomic mass is 10.0. The Kier molecular flexibility index (Phi) is 51.0. The monoisotopic (exact) mass is 986 g/mol. The molecule has 0 aliphatic heterocycles. The number of aliphatic hydroxyl groups excluding tert-OH is 1. The van der Waals surface area contributed by atoms with E-state index < -0.39 is 20.0 Å². The molecule has 1 amide bonds. The highest BCUT2D eigenvalue weighted by Gasteiger charge is 2.28. The first kappa shape index (κ1) is 67.5. The number of rotatable bonds is 57. The standard InChI is InChI=1S/C59H121N2O6P/c1-6-8-10-12-14-16-18-20-21-22-23-24-25-26-27-28-29-30-31-32-33-34-35-36-37-38-39-40-41-43-45-47-49-51-53-59(63)60-57(56-67-68(64,65)66-55-54-61(3,4)5)58(62)52-50-48-46-44-42-19-17-15-13-11-9-7-2/h57-58,62H,6-56H2,1-5H3,(H-,60,63,64,65)/p+1/t57-,58+/m0/s1. The van der Waals surface area contributed by atoms with Crippen molar-refractivity contribution < 1.29 is 32.9 Å². The van der Waals surface area contributed by atoms with Crippen molar-refractivity contribution in [3.05, 3.63) is 0 Å². The molecular formula is C59H122N2O6P+. The Hall–Kier alpha value is -0.500. The van der Waals surface area contributed by atoms with E-state index in [1.165, 1.54) is 257 Å². The molecule has 68 heavy (non-hydrogen) atoms. The van der Waals surface area contributed by atoms with Gasteiger partial charge in [0.1, 0.15) is 13.2 Å². The fourth-order valence-corrected chi connectivity index (χ4v) is 10.3. The van der Waals surface area contributed by atoms with Gasteiger partial charge in [-0.25, -0.2) is 4.57 Å². The second kappa shape index (κ2) is 51.4. The van der Waals surface area contributed by atoms with Crippen LogP contribution in [0.2, 0.25) is 0 Å². The smallest absolute Gasteiger partial charge is 0.391 e.